The van der Waals surface area contributed by atoms with Crippen molar-refractivity contribution in [3.8, 4) is 5.75 Å². The molecule has 1 aliphatic rings. The Labute approximate surface area is 82.5 Å². The van der Waals surface area contributed by atoms with Gasteiger partial charge in [-0.2, -0.15) is 0 Å². The van der Waals surface area contributed by atoms with Crippen LogP contribution in [0.2, 0.25) is 0 Å². The molecule has 0 unspecified atom stereocenters. The summed E-state index contributed by atoms with van der Waals surface area (Å²) in [6.45, 7) is 0.813. The largest absolute Gasteiger partial charge is 0.493 e. The fourth-order valence-corrected chi connectivity index (χ4v) is 2.01. The lowest BCUT2D eigenvalue weighted by Gasteiger charge is -2.06. The zero-order chi connectivity index (χ0) is 9.38. The highest BCUT2D eigenvalue weighted by Crippen LogP contribution is 2.30. The third kappa shape index (κ3) is 1.07. The second-order valence-electron chi connectivity index (χ2n) is 3.57. The van der Waals surface area contributed by atoms with Crippen molar-refractivity contribution < 1.29 is 4.74 Å². The van der Waals surface area contributed by atoms with Crippen molar-refractivity contribution in [3.63, 3.8) is 0 Å². The maximum absolute atomic E-state index is 5.68. The van der Waals surface area contributed by atoms with Gasteiger partial charge in [-0.25, -0.2) is 0 Å². The second kappa shape index (κ2) is 2.98. The fraction of sp³-hybridized carbons (Fsp3) is 0.250. The van der Waals surface area contributed by atoms with Crippen molar-refractivity contribution in [2.45, 2.75) is 12.8 Å². The quantitative estimate of drug-likeness (QED) is 0.629. The summed E-state index contributed by atoms with van der Waals surface area (Å²) in [5.74, 6) is 0.989. The number of benzene rings is 1. The van der Waals surface area contributed by atoms with Gasteiger partial charge in [-0.05, 0) is 36.6 Å². The first kappa shape index (κ1) is 7.80. The van der Waals surface area contributed by atoms with Crippen molar-refractivity contribution in [3.05, 3.63) is 36.0 Å². The Morgan fingerprint density at radius 3 is 3.21 bits per heavy atom. The Kier molecular flexibility index (Phi) is 1.66. The first-order valence-corrected chi connectivity index (χ1v) is 4.94. The minimum absolute atomic E-state index is 0.813. The third-order valence-electron chi connectivity index (χ3n) is 2.66. The first-order chi connectivity index (χ1) is 6.95. The van der Waals surface area contributed by atoms with Gasteiger partial charge in [0.15, 0.2) is 0 Å². The number of ether oxygens (including phenoxy) is 1. The van der Waals surface area contributed by atoms with Gasteiger partial charge >= 0.3 is 0 Å². The molecule has 0 bridgehead atoms. The van der Waals surface area contributed by atoms with Crippen LogP contribution in [-0.4, -0.2) is 11.6 Å². The Morgan fingerprint density at radius 2 is 2.21 bits per heavy atom. The van der Waals surface area contributed by atoms with E-state index in [1.54, 1.807) is 0 Å². The van der Waals surface area contributed by atoms with Crippen LogP contribution in [0.25, 0.3) is 10.9 Å². The normalized spacial score (nSPS) is 14.9. The van der Waals surface area contributed by atoms with E-state index < -0.39 is 0 Å². The van der Waals surface area contributed by atoms with E-state index >= 15 is 0 Å². The van der Waals surface area contributed by atoms with Crippen LogP contribution in [0.5, 0.6) is 5.75 Å². The Hall–Kier alpha value is -1.57. The number of aryl methyl sites for hydroxylation is 1. The van der Waals surface area contributed by atoms with Gasteiger partial charge in [-0.1, -0.05) is 6.07 Å². The predicted octanol–water partition coefficient (Wildman–Crippen LogP) is 2.56. The predicted molar refractivity (Wildman–Crippen MR) is 55.6 cm³/mol. The van der Waals surface area contributed by atoms with E-state index in [0.717, 1.165) is 30.7 Å². The van der Waals surface area contributed by atoms with Gasteiger partial charge in [0.1, 0.15) is 5.75 Å². The lowest BCUT2D eigenvalue weighted by Crippen LogP contribution is -1.94. The minimum Gasteiger partial charge on any atom is -0.493 e. The SMILES string of the molecule is c1cc2c3c(ccnc3c1)CCCO2. The van der Waals surface area contributed by atoms with Crippen LogP contribution in [0, 0.1) is 0 Å². The summed E-state index contributed by atoms with van der Waals surface area (Å²) in [4.78, 5) is 4.35. The summed E-state index contributed by atoms with van der Waals surface area (Å²) in [7, 11) is 0. The highest BCUT2D eigenvalue weighted by Gasteiger charge is 2.11. The molecule has 2 aromatic rings. The van der Waals surface area contributed by atoms with Crippen LogP contribution in [-0.2, 0) is 6.42 Å². The molecule has 2 heterocycles. The Morgan fingerprint density at radius 1 is 1.21 bits per heavy atom. The summed E-state index contributed by atoms with van der Waals surface area (Å²) in [5.41, 5.74) is 2.41. The molecule has 0 N–H and O–H groups in total. The lowest BCUT2D eigenvalue weighted by atomic mass is 10.1. The van der Waals surface area contributed by atoms with Crippen LogP contribution in [0.4, 0.5) is 0 Å². The smallest absolute Gasteiger partial charge is 0.128 e. The van der Waals surface area contributed by atoms with Gasteiger partial charge in [0, 0.05) is 11.6 Å². The molecule has 0 radical (unpaired) electrons. The average molecular weight is 185 g/mol. The van der Waals surface area contributed by atoms with Crippen LogP contribution in [0.15, 0.2) is 30.5 Å². The van der Waals surface area contributed by atoms with Gasteiger partial charge in [0.25, 0.3) is 0 Å². The highest BCUT2D eigenvalue weighted by molar-refractivity contribution is 5.88. The van der Waals surface area contributed by atoms with Crippen molar-refractivity contribution in [2.75, 3.05) is 6.61 Å². The first-order valence-electron chi connectivity index (χ1n) is 4.94. The van der Waals surface area contributed by atoms with E-state index in [9.17, 15) is 0 Å². The molecule has 0 aliphatic carbocycles. The van der Waals surface area contributed by atoms with E-state index in [2.05, 4.69) is 11.1 Å². The number of pyridine rings is 1. The minimum atomic E-state index is 0.813. The zero-order valence-electron chi connectivity index (χ0n) is 7.86. The second-order valence-corrected chi connectivity index (χ2v) is 3.57. The molecule has 2 heteroatoms. The maximum Gasteiger partial charge on any atom is 0.128 e. The monoisotopic (exact) mass is 185 g/mol. The molecule has 70 valence electrons. The molecule has 0 atom stereocenters. The highest BCUT2D eigenvalue weighted by atomic mass is 16.5. The van der Waals surface area contributed by atoms with Gasteiger partial charge < -0.3 is 4.74 Å². The molecule has 1 aromatic heterocycles. The molecule has 0 saturated carbocycles. The van der Waals surface area contributed by atoms with Gasteiger partial charge in [-0.15, -0.1) is 0 Å². The molecule has 0 saturated heterocycles. The lowest BCUT2D eigenvalue weighted by molar-refractivity contribution is 0.319. The standard InChI is InChI=1S/C12H11NO/c1-4-10-12-9(6-7-13-10)3-2-8-14-11(12)5-1/h1,4-7H,2-3,8H2. The number of hydrogen-bond acceptors (Lipinski definition) is 2. The van der Waals surface area contributed by atoms with Crippen molar-refractivity contribution in [1.82, 2.24) is 4.98 Å². The molecule has 0 amide bonds. The van der Waals surface area contributed by atoms with E-state index in [-0.39, 0.29) is 0 Å². The summed E-state index contributed by atoms with van der Waals surface area (Å²) < 4.78 is 5.68. The van der Waals surface area contributed by atoms with E-state index in [1.807, 2.05) is 24.4 Å². The molecule has 0 fully saturated rings. The van der Waals surface area contributed by atoms with Crippen LogP contribution in [0.1, 0.15) is 12.0 Å². The van der Waals surface area contributed by atoms with Crippen molar-refractivity contribution >= 4 is 10.9 Å². The summed E-state index contributed by atoms with van der Waals surface area (Å²) >= 11 is 0. The topological polar surface area (TPSA) is 22.1 Å². The Bertz CT molecular complexity index is 438. The summed E-state index contributed by atoms with van der Waals surface area (Å²) in [6, 6.07) is 8.16. The fourth-order valence-electron chi connectivity index (χ4n) is 2.01. The van der Waals surface area contributed by atoms with E-state index in [1.165, 1.54) is 10.9 Å². The maximum atomic E-state index is 5.68. The van der Waals surface area contributed by atoms with Gasteiger partial charge in [-0.3, -0.25) is 4.98 Å². The Balaban J connectivity index is 2.41. The van der Waals surface area contributed by atoms with Gasteiger partial charge in [0.2, 0.25) is 0 Å². The van der Waals surface area contributed by atoms with Crippen LogP contribution in [0.3, 0.4) is 0 Å². The van der Waals surface area contributed by atoms with Crippen molar-refractivity contribution in [2.24, 2.45) is 0 Å². The number of rotatable bonds is 0. The summed E-state index contributed by atoms with van der Waals surface area (Å²) in [6.07, 6.45) is 4.07. The van der Waals surface area contributed by atoms with E-state index in [4.69, 9.17) is 4.74 Å². The number of hydrogen-bond donors (Lipinski definition) is 0. The number of aromatic nitrogens is 1. The molecular formula is C12H11NO. The number of nitrogens with zero attached hydrogens (tertiary/aromatic N) is 1. The van der Waals surface area contributed by atoms with Gasteiger partial charge in [0.05, 0.1) is 12.1 Å². The third-order valence-corrected chi connectivity index (χ3v) is 2.66. The zero-order valence-corrected chi connectivity index (χ0v) is 7.86. The molecule has 2 nitrogen and oxygen atoms in total. The molecule has 1 aliphatic heterocycles. The van der Waals surface area contributed by atoms with Crippen LogP contribution >= 0.6 is 0 Å². The van der Waals surface area contributed by atoms with Crippen molar-refractivity contribution in [1.29, 1.82) is 0 Å². The van der Waals surface area contributed by atoms with Crippen LogP contribution < -0.4 is 4.74 Å². The molecule has 1 aromatic carbocycles. The summed E-state index contributed by atoms with van der Waals surface area (Å²) in [5, 5.41) is 1.20. The molecule has 14 heavy (non-hydrogen) atoms. The molecular weight excluding hydrogens is 174 g/mol. The van der Waals surface area contributed by atoms with E-state index in [0.29, 0.717) is 0 Å². The molecule has 0 spiro atoms. The average Bonchev–Trinajstić information content (AvgIpc) is 2.44. The molecule has 3 rings (SSSR count).